The molecular weight excluding hydrogens is 360 g/mol. The summed E-state index contributed by atoms with van der Waals surface area (Å²) in [6, 6.07) is 9.81. The highest BCUT2D eigenvalue weighted by Gasteiger charge is 2.20. The fraction of sp³-hybridized carbons (Fsp3) is 0.316. The van der Waals surface area contributed by atoms with E-state index in [0.29, 0.717) is 17.1 Å². The highest BCUT2D eigenvalue weighted by atomic mass is 32.1. The van der Waals surface area contributed by atoms with Crippen LogP contribution in [0.4, 0.5) is 5.00 Å². The Balaban J connectivity index is 1.26. The minimum absolute atomic E-state index is 0.0669. The lowest BCUT2D eigenvalue weighted by Crippen LogP contribution is -2.48. The summed E-state index contributed by atoms with van der Waals surface area (Å²) in [5.74, 6) is -0.0669. The van der Waals surface area contributed by atoms with Crippen molar-refractivity contribution >= 4 is 27.9 Å². The number of carbonyl (C=O) groups is 1. The van der Waals surface area contributed by atoms with Crippen LogP contribution in [0.25, 0.3) is 5.65 Å². The normalized spacial score (nSPS) is 15.7. The lowest BCUT2D eigenvalue weighted by Gasteiger charge is -2.33. The van der Waals surface area contributed by atoms with E-state index in [1.54, 1.807) is 6.07 Å². The Bertz CT molecular complexity index is 946. The topological polar surface area (TPSA) is 76.7 Å². The van der Waals surface area contributed by atoms with Crippen molar-refractivity contribution in [2.75, 3.05) is 38.0 Å². The minimum Gasteiger partial charge on any atom is -0.315 e. The molecule has 1 saturated heterocycles. The molecule has 8 heteroatoms. The molecule has 1 N–H and O–H groups in total. The van der Waals surface area contributed by atoms with E-state index in [2.05, 4.69) is 32.4 Å². The van der Waals surface area contributed by atoms with Crippen molar-refractivity contribution in [1.29, 1.82) is 5.26 Å². The van der Waals surface area contributed by atoms with E-state index < -0.39 is 0 Å². The zero-order valence-corrected chi connectivity index (χ0v) is 15.7. The maximum atomic E-state index is 12.2. The number of nitrogens with zero attached hydrogens (tertiary/aromatic N) is 5. The van der Waals surface area contributed by atoms with Crippen molar-refractivity contribution in [3.05, 3.63) is 53.3 Å². The van der Waals surface area contributed by atoms with Gasteiger partial charge in [0.25, 0.3) is 0 Å². The van der Waals surface area contributed by atoms with E-state index in [0.717, 1.165) is 44.1 Å². The number of pyridine rings is 1. The minimum atomic E-state index is -0.0669. The summed E-state index contributed by atoms with van der Waals surface area (Å²) in [6.07, 6.45) is 4.08. The zero-order valence-electron chi connectivity index (χ0n) is 14.8. The smallest absolute Gasteiger partial charge is 0.239 e. The molecule has 3 aromatic rings. The number of carbonyl (C=O) groups excluding carboxylic acids is 1. The van der Waals surface area contributed by atoms with Gasteiger partial charge in [-0.1, -0.05) is 6.07 Å². The van der Waals surface area contributed by atoms with Gasteiger partial charge in [0.05, 0.1) is 17.8 Å². The van der Waals surface area contributed by atoms with Crippen LogP contribution in [-0.4, -0.2) is 57.8 Å². The average Bonchev–Trinajstić information content (AvgIpc) is 3.29. The fourth-order valence-corrected chi connectivity index (χ4v) is 4.01. The molecule has 1 fully saturated rings. The third kappa shape index (κ3) is 4.17. The van der Waals surface area contributed by atoms with E-state index in [9.17, 15) is 4.79 Å². The first kappa shape index (κ1) is 17.7. The second-order valence-corrected chi connectivity index (χ2v) is 7.49. The maximum absolute atomic E-state index is 12.2. The molecule has 0 atom stereocenters. The molecular formula is C19H20N6OS. The summed E-state index contributed by atoms with van der Waals surface area (Å²) in [6.45, 7) is 4.67. The lowest BCUT2D eigenvalue weighted by atomic mass is 10.3. The molecule has 138 valence electrons. The Morgan fingerprint density at radius 3 is 2.81 bits per heavy atom. The van der Waals surface area contributed by atoms with Crippen molar-refractivity contribution in [2.45, 2.75) is 6.54 Å². The van der Waals surface area contributed by atoms with Gasteiger partial charge < -0.3 is 9.72 Å². The Morgan fingerprint density at radius 2 is 2.04 bits per heavy atom. The standard InChI is InChI=1S/C19H20N6OS/c20-11-15-4-10-27-19(15)22-18(26)14-24-8-6-23(7-9-24)12-16-13-25-5-2-1-3-17(25)21-16/h1-5,10,13H,6-9,12,14H2,(H,22,26). The van der Waals surface area contributed by atoms with Gasteiger partial charge in [0, 0.05) is 45.1 Å². The van der Waals surface area contributed by atoms with Crippen molar-refractivity contribution in [1.82, 2.24) is 19.2 Å². The number of anilines is 1. The number of nitriles is 1. The molecule has 7 nitrogen and oxygen atoms in total. The Kier molecular flexibility index (Phi) is 5.16. The second kappa shape index (κ2) is 7.88. The van der Waals surface area contributed by atoms with Gasteiger partial charge in [0.15, 0.2) is 0 Å². The number of thiophene rings is 1. The molecule has 0 bridgehead atoms. The molecule has 4 heterocycles. The molecule has 1 aliphatic heterocycles. The van der Waals surface area contributed by atoms with Crippen molar-refractivity contribution in [2.24, 2.45) is 0 Å². The van der Waals surface area contributed by atoms with Gasteiger partial charge in [-0.3, -0.25) is 14.6 Å². The van der Waals surface area contributed by atoms with E-state index in [4.69, 9.17) is 5.26 Å². The van der Waals surface area contributed by atoms with Gasteiger partial charge >= 0.3 is 0 Å². The van der Waals surface area contributed by atoms with Crippen LogP contribution in [-0.2, 0) is 11.3 Å². The second-order valence-electron chi connectivity index (χ2n) is 6.57. The van der Waals surface area contributed by atoms with Crippen LogP contribution >= 0.6 is 11.3 Å². The third-order valence-electron chi connectivity index (χ3n) is 4.67. The number of hydrogen-bond donors (Lipinski definition) is 1. The Hall–Kier alpha value is -2.73. The van der Waals surface area contributed by atoms with Gasteiger partial charge in [-0.2, -0.15) is 5.26 Å². The highest BCUT2D eigenvalue weighted by Crippen LogP contribution is 2.22. The summed E-state index contributed by atoms with van der Waals surface area (Å²) < 4.78 is 2.04. The number of rotatable bonds is 5. The van der Waals surface area contributed by atoms with E-state index in [1.165, 1.54) is 11.3 Å². The molecule has 1 amide bonds. The number of fused-ring (bicyclic) bond motifs is 1. The van der Waals surface area contributed by atoms with Gasteiger partial charge in [-0.05, 0) is 23.6 Å². The van der Waals surface area contributed by atoms with Crippen LogP contribution in [0.15, 0.2) is 42.0 Å². The first-order valence-electron chi connectivity index (χ1n) is 8.86. The summed E-state index contributed by atoms with van der Waals surface area (Å²) in [7, 11) is 0. The van der Waals surface area contributed by atoms with Crippen molar-refractivity contribution in [3.8, 4) is 6.07 Å². The third-order valence-corrected chi connectivity index (χ3v) is 5.50. The molecule has 0 radical (unpaired) electrons. The molecule has 1 aliphatic rings. The Labute approximate surface area is 161 Å². The molecule has 0 aromatic carbocycles. The largest absolute Gasteiger partial charge is 0.315 e. The summed E-state index contributed by atoms with van der Waals surface area (Å²) >= 11 is 1.38. The number of hydrogen-bond acceptors (Lipinski definition) is 6. The van der Waals surface area contributed by atoms with Gasteiger partial charge in [0.2, 0.25) is 5.91 Å². The lowest BCUT2D eigenvalue weighted by molar-refractivity contribution is -0.117. The number of aromatic nitrogens is 2. The first-order chi connectivity index (χ1) is 13.2. The van der Waals surface area contributed by atoms with Crippen LogP contribution < -0.4 is 5.32 Å². The predicted molar refractivity (Wildman–Crippen MR) is 105 cm³/mol. The van der Waals surface area contributed by atoms with Gasteiger partial charge in [-0.15, -0.1) is 11.3 Å². The molecule has 0 unspecified atom stereocenters. The van der Waals surface area contributed by atoms with Crippen LogP contribution in [0.3, 0.4) is 0 Å². The van der Waals surface area contributed by atoms with Crippen molar-refractivity contribution in [3.63, 3.8) is 0 Å². The molecule has 4 rings (SSSR count). The molecule has 27 heavy (non-hydrogen) atoms. The molecule has 0 spiro atoms. The molecule has 0 saturated carbocycles. The van der Waals surface area contributed by atoms with E-state index in [-0.39, 0.29) is 5.91 Å². The van der Waals surface area contributed by atoms with Crippen LogP contribution in [0, 0.1) is 11.3 Å². The van der Waals surface area contributed by atoms with Crippen LogP contribution in [0.1, 0.15) is 11.3 Å². The fourth-order valence-electron chi connectivity index (χ4n) is 3.26. The highest BCUT2D eigenvalue weighted by molar-refractivity contribution is 7.14. The number of imidazole rings is 1. The predicted octanol–water partition coefficient (Wildman–Crippen LogP) is 2.02. The maximum Gasteiger partial charge on any atom is 0.239 e. The van der Waals surface area contributed by atoms with E-state index in [1.807, 2.05) is 34.2 Å². The van der Waals surface area contributed by atoms with Crippen LogP contribution in [0.5, 0.6) is 0 Å². The molecule has 3 aromatic heterocycles. The van der Waals surface area contributed by atoms with Crippen LogP contribution in [0.2, 0.25) is 0 Å². The van der Waals surface area contributed by atoms with Gasteiger partial charge in [0.1, 0.15) is 16.7 Å². The number of amides is 1. The van der Waals surface area contributed by atoms with E-state index >= 15 is 0 Å². The summed E-state index contributed by atoms with van der Waals surface area (Å²) in [5.41, 5.74) is 2.55. The summed E-state index contributed by atoms with van der Waals surface area (Å²) in [5, 5.41) is 14.3. The summed E-state index contributed by atoms with van der Waals surface area (Å²) in [4.78, 5) is 21.4. The molecule has 0 aliphatic carbocycles. The zero-order chi connectivity index (χ0) is 18.6. The monoisotopic (exact) mass is 380 g/mol. The first-order valence-corrected chi connectivity index (χ1v) is 9.74. The van der Waals surface area contributed by atoms with Gasteiger partial charge in [-0.25, -0.2) is 4.98 Å². The van der Waals surface area contributed by atoms with Crippen molar-refractivity contribution < 1.29 is 4.79 Å². The number of nitrogens with one attached hydrogen (secondary N) is 1. The Morgan fingerprint density at radius 1 is 1.22 bits per heavy atom. The number of piperazine rings is 1. The quantitative estimate of drug-likeness (QED) is 0.733. The SMILES string of the molecule is N#Cc1ccsc1NC(=O)CN1CCN(Cc2cn3ccccc3n2)CC1. The average molecular weight is 380 g/mol.